The summed E-state index contributed by atoms with van der Waals surface area (Å²) in [5.41, 5.74) is 1.85. The number of aromatic nitrogens is 2. The monoisotopic (exact) mass is 332 g/mol. The highest BCUT2D eigenvalue weighted by Crippen LogP contribution is 2.40. The number of carbonyl (C=O) groups is 1. The molecule has 3 unspecified atom stereocenters. The van der Waals surface area contributed by atoms with Crippen LogP contribution < -0.4 is 10.6 Å². The summed E-state index contributed by atoms with van der Waals surface area (Å²) < 4.78 is 5.50. The Morgan fingerprint density at radius 3 is 2.83 bits per heavy atom. The number of halogens is 1. The molecule has 2 N–H and O–H groups in total. The van der Waals surface area contributed by atoms with Crippen molar-refractivity contribution in [3.63, 3.8) is 0 Å². The molecule has 2 heterocycles. The predicted molar refractivity (Wildman–Crippen MR) is 85.3 cm³/mol. The molecule has 120 valence electrons. The molecular formula is C16H17ClN4O2. The molecule has 3 atom stereocenters. The first-order valence-electron chi connectivity index (χ1n) is 7.77. The van der Waals surface area contributed by atoms with Gasteiger partial charge in [-0.3, -0.25) is 0 Å². The molecule has 1 aromatic carbocycles. The third kappa shape index (κ3) is 2.57. The number of aryl methyl sites for hydroxylation is 1. The van der Waals surface area contributed by atoms with Gasteiger partial charge in [0.15, 0.2) is 0 Å². The Kier molecular flexibility index (Phi) is 3.49. The van der Waals surface area contributed by atoms with Gasteiger partial charge in [0.1, 0.15) is 0 Å². The third-order valence-electron chi connectivity index (χ3n) is 4.71. The van der Waals surface area contributed by atoms with Crippen molar-refractivity contribution in [3.05, 3.63) is 34.7 Å². The van der Waals surface area contributed by atoms with Crippen molar-refractivity contribution in [1.29, 1.82) is 0 Å². The molecule has 6 nitrogen and oxygen atoms in total. The largest absolute Gasteiger partial charge is 0.421 e. The number of urea groups is 1. The van der Waals surface area contributed by atoms with Gasteiger partial charge in [0.05, 0.1) is 22.7 Å². The smallest absolute Gasteiger partial charge is 0.315 e. The molecule has 2 aromatic rings. The van der Waals surface area contributed by atoms with Crippen LogP contribution in [0.3, 0.4) is 0 Å². The minimum atomic E-state index is -0.0677. The maximum atomic E-state index is 11.5. The lowest BCUT2D eigenvalue weighted by Crippen LogP contribution is -2.38. The number of hydrogen-bond donors (Lipinski definition) is 2. The van der Waals surface area contributed by atoms with Gasteiger partial charge >= 0.3 is 6.03 Å². The van der Waals surface area contributed by atoms with E-state index in [1.54, 1.807) is 6.92 Å². The molecule has 0 radical (unpaired) electrons. The molecule has 7 heteroatoms. The summed E-state index contributed by atoms with van der Waals surface area (Å²) >= 11 is 6.63. The van der Waals surface area contributed by atoms with Crippen LogP contribution in [0.5, 0.6) is 0 Å². The van der Waals surface area contributed by atoms with E-state index in [1.165, 1.54) is 0 Å². The zero-order valence-corrected chi connectivity index (χ0v) is 13.4. The van der Waals surface area contributed by atoms with Gasteiger partial charge in [0.25, 0.3) is 0 Å². The molecule has 1 saturated heterocycles. The number of nitrogens with one attached hydrogen (secondary N) is 2. The van der Waals surface area contributed by atoms with Crippen LogP contribution in [0, 0.1) is 6.92 Å². The Balaban J connectivity index is 1.63. The van der Waals surface area contributed by atoms with Gasteiger partial charge < -0.3 is 15.1 Å². The fourth-order valence-electron chi connectivity index (χ4n) is 3.60. The summed E-state index contributed by atoms with van der Waals surface area (Å²) in [5, 5.41) is 14.5. The van der Waals surface area contributed by atoms with E-state index in [0.717, 1.165) is 30.4 Å². The van der Waals surface area contributed by atoms with Crippen LogP contribution in [0.2, 0.25) is 5.02 Å². The number of fused-ring (bicyclic) bond motifs is 1. The van der Waals surface area contributed by atoms with E-state index in [2.05, 4.69) is 20.8 Å². The second kappa shape index (κ2) is 5.53. The van der Waals surface area contributed by atoms with Crippen LogP contribution >= 0.6 is 11.6 Å². The Labute approximate surface area is 138 Å². The van der Waals surface area contributed by atoms with Crippen molar-refractivity contribution < 1.29 is 9.21 Å². The highest BCUT2D eigenvalue weighted by atomic mass is 35.5. The second-order valence-electron chi connectivity index (χ2n) is 6.18. The first kappa shape index (κ1) is 14.5. The summed E-state index contributed by atoms with van der Waals surface area (Å²) in [7, 11) is 0. The van der Waals surface area contributed by atoms with E-state index in [1.807, 2.05) is 18.2 Å². The maximum absolute atomic E-state index is 11.5. The van der Waals surface area contributed by atoms with Gasteiger partial charge in [-0.2, -0.15) is 0 Å². The quantitative estimate of drug-likeness (QED) is 0.886. The SMILES string of the molecule is Cc1nnc(-c2cccc(C3CCC4NC(=O)NC4C3)c2Cl)o1. The maximum Gasteiger partial charge on any atom is 0.315 e. The molecular weight excluding hydrogens is 316 g/mol. The Morgan fingerprint density at radius 2 is 2.04 bits per heavy atom. The van der Waals surface area contributed by atoms with Gasteiger partial charge in [0, 0.05) is 6.92 Å². The lowest BCUT2D eigenvalue weighted by molar-refractivity contribution is 0.247. The van der Waals surface area contributed by atoms with E-state index >= 15 is 0 Å². The van der Waals surface area contributed by atoms with Crippen molar-refractivity contribution in [3.8, 4) is 11.5 Å². The minimum absolute atomic E-state index is 0.0677. The molecule has 0 spiro atoms. The number of rotatable bonds is 2. The van der Waals surface area contributed by atoms with Crippen molar-refractivity contribution >= 4 is 17.6 Å². The van der Waals surface area contributed by atoms with Crippen molar-refractivity contribution in [2.75, 3.05) is 0 Å². The van der Waals surface area contributed by atoms with Crippen molar-refractivity contribution in [2.24, 2.45) is 0 Å². The normalized spacial score (nSPS) is 26.5. The fourth-order valence-corrected chi connectivity index (χ4v) is 3.96. The molecule has 23 heavy (non-hydrogen) atoms. The molecule has 1 aliphatic heterocycles. The number of carbonyl (C=O) groups excluding carboxylic acids is 1. The summed E-state index contributed by atoms with van der Waals surface area (Å²) in [5.74, 6) is 1.27. The van der Waals surface area contributed by atoms with E-state index in [-0.39, 0.29) is 18.1 Å². The van der Waals surface area contributed by atoms with Crippen molar-refractivity contribution in [1.82, 2.24) is 20.8 Å². The average molecular weight is 333 g/mol. The van der Waals surface area contributed by atoms with E-state index in [4.69, 9.17) is 16.0 Å². The molecule has 1 aliphatic carbocycles. The first-order chi connectivity index (χ1) is 11.1. The lowest BCUT2D eigenvalue weighted by atomic mass is 9.79. The number of benzene rings is 1. The number of nitrogens with zero attached hydrogens (tertiary/aromatic N) is 2. The van der Waals surface area contributed by atoms with Crippen molar-refractivity contribution in [2.45, 2.75) is 44.2 Å². The zero-order chi connectivity index (χ0) is 16.0. The first-order valence-corrected chi connectivity index (χ1v) is 8.15. The Hall–Kier alpha value is -2.08. The molecule has 1 saturated carbocycles. The minimum Gasteiger partial charge on any atom is -0.421 e. The van der Waals surface area contributed by atoms with Gasteiger partial charge in [-0.25, -0.2) is 4.79 Å². The van der Waals surface area contributed by atoms with Gasteiger partial charge in [0.2, 0.25) is 11.8 Å². The van der Waals surface area contributed by atoms with Crippen LogP contribution in [0.1, 0.15) is 36.6 Å². The van der Waals surface area contributed by atoms with Crippen LogP contribution in [0.15, 0.2) is 22.6 Å². The fraction of sp³-hybridized carbons (Fsp3) is 0.438. The van der Waals surface area contributed by atoms with Gasteiger partial charge in [-0.05, 0) is 36.8 Å². The molecule has 1 aromatic heterocycles. The van der Waals surface area contributed by atoms with Gasteiger partial charge in [-0.1, -0.05) is 23.7 Å². The second-order valence-corrected chi connectivity index (χ2v) is 6.55. The van der Waals surface area contributed by atoms with E-state index < -0.39 is 0 Å². The zero-order valence-electron chi connectivity index (χ0n) is 12.7. The number of hydrogen-bond acceptors (Lipinski definition) is 4. The summed E-state index contributed by atoms with van der Waals surface area (Å²) in [4.78, 5) is 11.5. The molecule has 2 fully saturated rings. The molecule has 2 amide bonds. The van der Waals surface area contributed by atoms with Crippen LogP contribution in [0.4, 0.5) is 4.79 Å². The summed E-state index contributed by atoms with van der Waals surface area (Å²) in [6.07, 6.45) is 2.83. The average Bonchev–Trinajstić information content (AvgIpc) is 3.11. The van der Waals surface area contributed by atoms with Crippen LogP contribution in [0.25, 0.3) is 11.5 Å². The standard InChI is InChI=1S/C16H17ClN4O2/c1-8-20-21-15(23-8)11-4-2-3-10(14(11)17)9-5-6-12-13(7-9)19-16(22)18-12/h2-4,9,12-13H,5-7H2,1H3,(H2,18,19,22). The summed E-state index contributed by atoms with van der Waals surface area (Å²) in [6, 6.07) is 6.24. The lowest BCUT2D eigenvalue weighted by Gasteiger charge is -2.31. The van der Waals surface area contributed by atoms with Crippen LogP contribution in [-0.2, 0) is 0 Å². The molecule has 2 aliphatic rings. The highest BCUT2D eigenvalue weighted by Gasteiger charge is 2.38. The molecule has 0 bridgehead atoms. The topological polar surface area (TPSA) is 80.0 Å². The van der Waals surface area contributed by atoms with Crippen LogP contribution in [-0.4, -0.2) is 28.3 Å². The predicted octanol–water partition coefficient (Wildman–Crippen LogP) is 3.02. The third-order valence-corrected chi connectivity index (χ3v) is 5.13. The van der Waals surface area contributed by atoms with Gasteiger partial charge in [-0.15, -0.1) is 10.2 Å². The molecule has 4 rings (SSSR count). The highest BCUT2D eigenvalue weighted by molar-refractivity contribution is 6.34. The Bertz CT molecular complexity index is 760. The Morgan fingerprint density at radius 1 is 1.22 bits per heavy atom. The van der Waals surface area contributed by atoms with E-state index in [9.17, 15) is 4.79 Å². The summed E-state index contributed by atoms with van der Waals surface area (Å²) in [6.45, 7) is 1.76. The number of amides is 2. The van der Waals surface area contributed by atoms with E-state index in [0.29, 0.717) is 22.7 Å².